The van der Waals surface area contributed by atoms with Crippen LogP contribution in [0.4, 0.5) is 0 Å². The van der Waals surface area contributed by atoms with Gasteiger partial charge in [-0.05, 0) is 25.7 Å². The lowest BCUT2D eigenvalue weighted by Gasteiger charge is -2.39. The highest BCUT2D eigenvalue weighted by Crippen LogP contribution is 2.25. The average molecular weight is 385 g/mol. The maximum absolute atomic E-state index is 3.87. The number of benzene rings is 3. The molecule has 0 fully saturated rings. The molecule has 0 spiro atoms. The highest BCUT2D eigenvalue weighted by Gasteiger charge is 2.28. The Labute approximate surface area is 176 Å². The first-order valence-electron chi connectivity index (χ1n) is 10.9. The van der Waals surface area contributed by atoms with Crippen LogP contribution in [-0.2, 0) is 19.6 Å². The van der Waals surface area contributed by atoms with Crippen LogP contribution in [0.2, 0.25) is 0 Å². The minimum Gasteiger partial charge on any atom is -0.312 e. The van der Waals surface area contributed by atoms with Gasteiger partial charge in [-0.15, -0.1) is 6.58 Å². The minimum absolute atomic E-state index is 1.06. The summed E-state index contributed by atoms with van der Waals surface area (Å²) < 4.78 is 1.06. The maximum atomic E-state index is 3.87. The third kappa shape index (κ3) is 7.03. The van der Waals surface area contributed by atoms with Gasteiger partial charge >= 0.3 is 0 Å². The van der Waals surface area contributed by atoms with Crippen molar-refractivity contribution in [1.82, 2.24) is 0 Å². The molecule has 0 amide bonds. The van der Waals surface area contributed by atoms with Gasteiger partial charge in [0.1, 0.15) is 19.6 Å². The van der Waals surface area contributed by atoms with Crippen molar-refractivity contribution >= 4 is 0 Å². The van der Waals surface area contributed by atoms with E-state index in [0.29, 0.717) is 0 Å². The third-order valence-electron chi connectivity index (χ3n) is 5.62. The number of nitrogens with zero attached hydrogens (tertiary/aromatic N) is 1. The molecular formula is C28H34N+. The molecule has 0 aromatic heterocycles. The molecule has 0 bridgehead atoms. The van der Waals surface area contributed by atoms with Crippen LogP contribution in [0.3, 0.4) is 0 Å². The van der Waals surface area contributed by atoms with Crippen molar-refractivity contribution in [3.63, 3.8) is 0 Å². The van der Waals surface area contributed by atoms with Crippen molar-refractivity contribution in [3.8, 4) is 0 Å². The van der Waals surface area contributed by atoms with Crippen LogP contribution in [0.25, 0.3) is 0 Å². The normalized spacial score (nSPS) is 11.3. The summed E-state index contributed by atoms with van der Waals surface area (Å²) in [5.74, 6) is 0. The zero-order valence-corrected chi connectivity index (χ0v) is 17.5. The first kappa shape index (κ1) is 21.1. The Morgan fingerprint density at radius 3 is 1.34 bits per heavy atom. The maximum Gasteiger partial charge on any atom is 0.105 e. The highest BCUT2D eigenvalue weighted by atomic mass is 15.3. The Kier molecular flexibility index (Phi) is 8.27. The van der Waals surface area contributed by atoms with Crippen LogP contribution in [0.5, 0.6) is 0 Å². The molecule has 0 atom stereocenters. The summed E-state index contributed by atoms with van der Waals surface area (Å²) in [5, 5.41) is 0. The standard InChI is InChI=1S/C28H34N/c1-2-3-4-5-15-22-29(23-26-16-9-6-10-17-26,24-27-18-11-7-12-19-27)25-28-20-13-8-14-21-28/h2,6-14,16-21H,1,3-5,15,22-25H2/q+1. The van der Waals surface area contributed by atoms with Gasteiger partial charge < -0.3 is 4.48 Å². The van der Waals surface area contributed by atoms with Crippen LogP contribution >= 0.6 is 0 Å². The van der Waals surface area contributed by atoms with E-state index in [1.54, 1.807) is 0 Å². The number of allylic oxidation sites excluding steroid dienone is 1. The van der Waals surface area contributed by atoms with Crippen molar-refractivity contribution in [2.24, 2.45) is 0 Å². The third-order valence-corrected chi connectivity index (χ3v) is 5.62. The van der Waals surface area contributed by atoms with Gasteiger partial charge in [0, 0.05) is 16.7 Å². The molecule has 0 saturated carbocycles. The van der Waals surface area contributed by atoms with Crippen LogP contribution in [-0.4, -0.2) is 11.0 Å². The molecule has 0 radical (unpaired) electrons. The van der Waals surface area contributed by atoms with Gasteiger partial charge in [0.05, 0.1) is 6.54 Å². The molecule has 29 heavy (non-hydrogen) atoms. The molecule has 1 heteroatoms. The summed E-state index contributed by atoms with van der Waals surface area (Å²) in [5.41, 5.74) is 4.27. The van der Waals surface area contributed by atoms with E-state index in [4.69, 9.17) is 0 Å². The quantitative estimate of drug-likeness (QED) is 0.177. The molecule has 150 valence electrons. The largest absolute Gasteiger partial charge is 0.312 e. The Bertz CT molecular complexity index is 723. The van der Waals surface area contributed by atoms with Crippen molar-refractivity contribution in [3.05, 3.63) is 120 Å². The Hall–Kier alpha value is -2.64. The van der Waals surface area contributed by atoms with Crippen LogP contribution in [0, 0.1) is 0 Å². The lowest BCUT2D eigenvalue weighted by atomic mass is 10.1. The smallest absolute Gasteiger partial charge is 0.105 e. The summed E-state index contributed by atoms with van der Waals surface area (Å²) in [6, 6.07) is 33.0. The van der Waals surface area contributed by atoms with E-state index in [2.05, 4.69) is 97.6 Å². The highest BCUT2D eigenvalue weighted by molar-refractivity contribution is 5.17. The van der Waals surface area contributed by atoms with Gasteiger partial charge in [-0.1, -0.05) is 97.1 Å². The van der Waals surface area contributed by atoms with Crippen molar-refractivity contribution in [1.29, 1.82) is 0 Å². The topological polar surface area (TPSA) is 0 Å². The molecule has 3 aromatic carbocycles. The zero-order chi connectivity index (χ0) is 20.2. The molecule has 0 aliphatic rings. The number of rotatable bonds is 12. The second-order valence-electron chi connectivity index (χ2n) is 8.13. The van der Waals surface area contributed by atoms with Gasteiger partial charge in [-0.3, -0.25) is 0 Å². The summed E-state index contributed by atoms with van der Waals surface area (Å²) >= 11 is 0. The summed E-state index contributed by atoms with van der Waals surface area (Å²) in [6.07, 6.45) is 6.92. The molecule has 0 unspecified atom stereocenters. The molecule has 0 aliphatic heterocycles. The van der Waals surface area contributed by atoms with E-state index in [-0.39, 0.29) is 0 Å². The van der Waals surface area contributed by atoms with Gasteiger partial charge in [0.15, 0.2) is 0 Å². The lowest BCUT2D eigenvalue weighted by Crippen LogP contribution is -2.46. The molecule has 0 aliphatic carbocycles. The molecule has 0 saturated heterocycles. The Morgan fingerprint density at radius 2 is 0.966 bits per heavy atom. The average Bonchev–Trinajstić information content (AvgIpc) is 2.76. The summed E-state index contributed by atoms with van der Waals surface area (Å²) in [6.45, 7) is 8.25. The molecule has 1 nitrogen and oxygen atoms in total. The second-order valence-corrected chi connectivity index (χ2v) is 8.13. The van der Waals surface area contributed by atoms with E-state index in [0.717, 1.165) is 30.5 Å². The fourth-order valence-electron chi connectivity index (χ4n) is 4.23. The van der Waals surface area contributed by atoms with E-state index in [9.17, 15) is 0 Å². The van der Waals surface area contributed by atoms with Gasteiger partial charge in [-0.25, -0.2) is 0 Å². The minimum atomic E-state index is 1.06. The van der Waals surface area contributed by atoms with E-state index < -0.39 is 0 Å². The zero-order valence-electron chi connectivity index (χ0n) is 17.5. The summed E-state index contributed by atoms with van der Waals surface area (Å²) in [7, 11) is 0. The second kappa shape index (κ2) is 11.4. The fraction of sp³-hybridized carbons (Fsp3) is 0.286. The number of hydrogen-bond donors (Lipinski definition) is 0. The predicted octanol–water partition coefficient (Wildman–Crippen LogP) is 7.15. The van der Waals surface area contributed by atoms with Crippen molar-refractivity contribution < 1.29 is 4.48 Å². The van der Waals surface area contributed by atoms with Gasteiger partial charge in [0.2, 0.25) is 0 Å². The Morgan fingerprint density at radius 1 is 0.552 bits per heavy atom. The molecule has 0 heterocycles. The van der Waals surface area contributed by atoms with E-state index in [1.807, 2.05) is 6.08 Å². The molecule has 0 N–H and O–H groups in total. The van der Waals surface area contributed by atoms with Gasteiger partial charge in [-0.2, -0.15) is 0 Å². The van der Waals surface area contributed by atoms with Gasteiger partial charge in [0.25, 0.3) is 0 Å². The number of quaternary nitrogens is 1. The molecule has 3 aromatic rings. The SMILES string of the molecule is C=CCCCCC[N+](Cc1ccccc1)(Cc1ccccc1)Cc1ccccc1. The van der Waals surface area contributed by atoms with Crippen molar-refractivity contribution in [2.75, 3.05) is 6.54 Å². The van der Waals surface area contributed by atoms with Crippen LogP contribution in [0.1, 0.15) is 42.4 Å². The number of unbranched alkanes of at least 4 members (excludes halogenated alkanes) is 3. The van der Waals surface area contributed by atoms with Crippen LogP contribution in [0.15, 0.2) is 104 Å². The lowest BCUT2D eigenvalue weighted by molar-refractivity contribution is -0.966. The van der Waals surface area contributed by atoms with E-state index in [1.165, 1.54) is 42.5 Å². The van der Waals surface area contributed by atoms with E-state index >= 15 is 0 Å². The van der Waals surface area contributed by atoms with Crippen LogP contribution < -0.4 is 0 Å². The molecular weight excluding hydrogens is 350 g/mol. The first-order valence-corrected chi connectivity index (χ1v) is 10.9. The Balaban J connectivity index is 1.87. The fourth-order valence-corrected chi connectivity index (χ4v) is 4.23. The predicted molar refractivity (Wildman–Crippen MR) is 124 cm³/mol. The summed E-state index contributed by atoms with van der Waals surface area (Å²) in [4.78, 5) is 0. The first-order chi connectivity index (χ1) is 14.3. The number of hydrogen-bond acceptors (Lipinski definition) is 0. The van der Waals surface area contributed by atoms with Crippen molar-refractivity contribution in [2.45, 2.75) is 45.3 Å². The monoisotopic (exact) mass is 384 g/mol. The molecule has 3 rings (SSSR count).